The minimum atomic E-state index is -0.481. The van der Waals surface area contributed by atoms with Crippen LogP contribution in [0.4, 0.5) is 11.6 Å². The first-order valence-corrected chi connectivity index (χ1v) is 9.91. The van der Waals surface area contributed by atoms with E-state index in [0.29, 0.717) is 15.7 Å². The van der Waals surface area contributed by atoms with Crippen molar-refractivity contribution >= 4 is 63.6 Å². The van der Waals surface area contributed by atoms with Gasteiger partial charge in [0.15, 0.2) is 5.76 Å². The van der Waals surface area contributed by atoms with Gasteiger partial charge in [-0.3, -0.25) is 10.1 Å². The second kappa shape index (κ2) is 10.1. The van der Waals surface area contributed by atoms with Gasteiger partial charge in [0.05, 0.1) is 35.4 Å². The number of nitrogens with zero attached hydrogens (tertiary/aromatic N) is 3. The maximum Gasteiger partial charge on any atom is 0.293 e. The summed E-state index contributed by atoms with van der Waals surface area (Å²) >= 11 is 12.1. The molecule has 2 aromatic heterocycles. The van der Waals surface area contributed by atoms with Gasteiger partial charge in [-0.25, -0.2) is 15.0 Å². The van der Waals surface area contributed by atoms with Gasteiger partial charge in [-0.15, -0.1) is 0 Å². The van der Waals surface area contributed by atoms with Crippen molar-refractivity contribution in [3.05, 3.63) is 64.2 Å². The highest BCUT2D eigenvalue weighted by atomic mass is 35.5. The summed E-state index contributed by atoms with van der Waals surface area (Å²) in [6.45, 7) is 1.82. The Bertz CT molecular complexity index is 1140. The predicted molar refractivity (Wildman–Crippen MR) is 125 cm³/mol. The van der Waals surface area contributed by atoms with Crippen LogP contribution in [-0.2, 0) is 9.53 Å². The zero-order chi connectivity index (χ0) is 22.4. The number of aliphatic imine (C=N–C) groups is 1. The quantitative estimate of drug-likeness (QED) is 0.163. The topological polar surface area (TPSA) is 104 Å². The summed E-state index contributed by atoms with van der Waals surface area (Å²) in [4.78, 5) is 28.0. The van der Waals surface area contributed by atoms with E-state index in [1.54, 1.807) is 31.3 Å². The number of methoxy groups -OCH3 is 1. The van der Waals surface area contributed by atoms with Crippen molar-refractivity contribution in [2.75, 3.05) is 19.5 Å². The van der Waals surface area contributed by atoms with E-state index in [-0.39, 0.29) is 11.7 Å². The minimum Gasteiger partial charge on any atom is -0.491 e. The van der Waals surface area contributed by atoms with Crippen LogP contribution in [-0.4, -0.2) is 40.9 Å². The number of rotatable bonds is 6. The van der Waals surface area contributed by atoms with Crippen LogP contribution in [0.15, 0.2) is 53.5 Å². The number of allylic oxidation sites excluding steroid dienone is 2. The number of H-pyrrole nitrogens is 1. The summed E-state index contributed by atoms with van der Waals surface area (Å²) < 4.78 is 5.17. The van der Waals surface area contributed by atoms with Crippen molar-refractivity contribution in [1.82, 2.24) is 20.3 Å². The Morgan fingerprint density at radius 1 is 1.19 bits per heavy atom. The van der Waals surface area contributed by atoms with Gasteiger partial charge in [0.25, 0.3) is 5.91 Å². The van der Waals surface area contributed by atoms with E-state index in [2.05, 4.69) is 30.6 Å². The van der Waals surface area contributed by atoms with Gasteiger partial charge in [0.1, 0.15) is 5.69 Å². The van der Waals surface area contributed by atoms with Crippen molar-refractivity contribution in [3.8, 4) is 0 Å². The highest BCUT2D eigenvalue weighted by molar-refractivity contribution is 6.42. The molecular weight excluding hydrogens is 439 g/mol. The van der Waals surface area contributed by atoms with Crippen molar-refractivity contribution in [1.29, 1.82) is 0 Å². The molecule has 2 heterocycles. The summed E-state index contributed by atoms with van der Waals surface area (Å²) in [5, 5.41) is 7.38. The second-order valence-electron chi connectivity index (χ2n) is 6.34. The third-order valence-corrected chi connectivity index (χ3v) is 4.89. The van der Waals surface area contributed by atoms with Crippen LogP contribution in [0, 0.1) is 0 Å². The van der Waals surface area contributed by atoms with Crippen LogP contribution in [0.1, 0.15) is 12.6 Å². The normalized spacial score (nSPS) is 12.4. The molecular formula is C21H20Cl2N6O2. The highest BCUT2D eigenvalue weighted by Crippen LogP contribution is 2.28. The molecule has 0 aliphatic heterocycles. The largest absolute Gasteiger partial charge is 0.491 e. The molecule has 0 saturated carbocycles. The maximum absolute atomic E-state index is 12.4. The van der Waals surface area contributed by atoms with E-state index in [0.717, 1.165) is 22.4 Å². The number of aromatic amines is 1. The first-order valence-electron chi connectivity index (χ1n) is 9.16. The standard InChI is InChI=1S/C21H20Cl2N6O2/c1-12(24-2)27-15-10-25-21(26-11-15)29-20(30)19(31-3)6-4-5-14-7-13-8-16(22)17(23)9-18(13)28-14/h4-11,28H,1-3H3,(H,24,27)(H,25,26,29,30). The van der Waals surface area contributed by atoms with Crippen molar-refractivity contribution in [3.63, 3.8) is 0 Å². The van der Waals surface area contributed by atoms with Crippen LogP contribution in [0.5, 0.6) is 0 Å². The van der Waals surface area contributed by atoms with E-state index in [9.17, 15) is 4.79 Å². The number of amides is 1. The Kier molecular flexibility index (Phi) is 7.28. The van der Waals surface area contributed by atoms with Gasteiger partial charge in [-0.05, 0) is 37.3 Å². The van der Waals surface area contributed by atoms with E-state index in [4.69, 9.17) is 27.9 Å². The average Bonchev–Trinajstić information content (AvgIpc) is 3.14. The summed E-state index contributed by atoms with van der Waals surface area (Å²) in [7, 11) is 3.18. The minimum absolute atomic E-state index is 0.0928. The Morgan fingerprint density at radius 3 is 2.58 bits per heavy atom. The molecule has 0 radical (unpaired) electrons. The third kappa shape index (κ3) is 5.84. The summed E-state index contributed by atoms with van der Waals surface area (Å²) in [6, 6.07) is 5.47. The average molecular weight is 459 g/mol. The Balaban J connectivity index is 1.68. The lowest BCUT2D eigenvalue weighted by molar-refractivity contribution is -0.115. The molecule has 0 atom stereocenters. The van der Waals surface area contributed by atoms with Crippen LogP contribution >= 0.6 is 23.2 Å². The number of carbonyl (C=O) groups excluding carboxylic acids is 1. The number of anilines is 1. The second-order valence-corrected chi connectivity index (χ2v) is 7.15. The molecule has 3 rings (SSSR count). The molecule has 0 saturated heterocycles. The number of benzene rings is 1. The Hall–Kier alpha value is -3.36. The maximum atomic E-state index is 12.4. The molecule has 3 N–H and O–H groups in total. The number of ether oxygens (including phenoxy) is 1. The van der Waals surface area contributed by atoms with Crippen LogP contribution < -0.4 is 10.6 Å². The molecule has 0 unspecified atom stereocenters. The number of aromatic nitrogens is 3. The first kappa shape index (κ1) is 22.3. The summed E-state index contributed by atoms with van der Waals surface area (Å²) in [6.07, 6.45) is 8.03. The molecule has 8 nitrogen and oxygen atoms in total. The van der Waals surface area contributed by atoms with Crippen LogP contribution in [0.3, 0.4) is 0 Å². The SMILES string of the molecule is CNC(C)=Nc1cnc(NC(=O)C(=CC=Cc2cc3cc(Cl)c(Cl)cc3[nH]2)OC)nc1. The van der Waals surface area contributed by atoms with Crippen molar-refractivity contribution in [2.24, 2.45) is 4.99 Å². The number of hydrogen-bond donors (Lipinski definition) is 3. The number of amidine groups is 1. The molecule has 0 bridgehead atoms. The van der Waals surface area contributed by atoms with E-state index >= 15 is 0 Å². The lowest BCUT2D eigenvalue weighted by Gasteiger charge is -2.06. The number of nitrogens with one attached hydrogen (secondary N) is 3. The van der Waals surface area contributed by atoms with Crippen molar-refractivity contribution in [2.45, 2.75) is 6.92 Å². The predicted octanol–water partition coefficient (Wildman–Crippen LogP) is 4.72. The Labute approximate surface area is 189 Å². The molecule has 160 valence electrons. The molecule has 1 amide bonds. The Morgan fingerprint density at radius 2 is 1.90 bits per heavy atom. The third-order valence-electron chi connectivity index (χ3n) is 4.17. The number of halogens is 2. The molecule has 0 spiro atoms. The lowest BCUT2D eigenvalue weighted by Crippen LogP contribution is -2.17. The zero-order valence-corrected chi connectivity index (χ0v) is 18.5. The summed E-state index contributed by atoms with van der Waals surface area (Å²) in [5.74, 6) is 0.473. The van der Waals surface area contributed by atoms with Gasteiger partial charge in [-0.2, -0.15) is 0 Å². The fourth-order valence-corrected chi connectivity index (χ4v) is 2.91. The molecule has 0 aliphatic rings. The molecule has 31 heavy (non-hydrogen) atoms. The summed E-state index contributed by atoms with van der Waals surface area (Å²) in [5.41, 5.74) is 2.24. The van der Waals surface area contributed by atoms with Crippen LogP contribution in [0.25, 0.3) is 17.0 Å². The monoisotopic (exact) mass is 458 g/mol. The van der Waals surface area contributed by atoms with Gasteiger partial charge in [0.2, 0.25) is 5.95 Å². The van der Waals surface area contributed by atoms with E-state index in [1.807, 2.05) is 13.0 Å². The zero-order valence-electron chi connectivity index (χ0n) is 17.0. The molecule has 3 aromatic rings. The van der Waals surface area contributed by atoms with E-state index in [1.165, 1.54) is 25.6 Å². The van der Waals surface area contributed by atoms with Gasteiger partial charge in [0, 0.05) is 23.6 Å². The fraction of sp³-hybridized carbons (Fsp3) is 0.143. The molecule has 0 aliphatic carbocycles. The molecule has 0 fully saturated rings. The lowest BCUT2D eigenvalue weighted by atomic mass is 10.2. The highest BCUT2D eigenvalue weighted by Gasteiger charge is 2.11. The number of fused-ring (bicyclic) bond motifs is 1. The molecule has 1 aromatic carbocycles. The fourth-order valence-electron chi connectivity index (χ4n) is 2.57. The van der Waals surface area contributed by atoms with Gasteiger partial charge in [-0.1, -0.05) is 29.3 Å². The first-order chi connectivity index (χ1) is 14.9. The number of hydrogen-bond acceptors (Lipinski definition) is 5. The van der Waals surface area contributed by atoms with Crippen molar-refractivity contribution < 1.29 is 9.53 Å². The smallest absolute Gasteiger partial charge is 0.293 e. The molecule has 10 heteroatoms. The number of carbonyl (C=O) groups is 1. The van der Waals surface area contributed by atoms with E-state index < -0.39 is 5.91 Å². The van der Waals surface area contributed by atoms with Gasteiger partial charge >= 0.3 is 0 Å². The van der Waals surface area contributed by atoms with Crippen LogP contribution in [0.2, 0.25) is 10.0 Å². The van der Waals surface area contributed by atoms with Gasteiger partial charge < -0.3 is 15.0 Å².